The van der Waals surface area contributed by atoms with Crippen molar-refractivity contribution in [3.05, 3.63) is 0 Å². The molecular formula is C65H133N5O6S2. The Morgan fingerprint density at radius 3 is 1.08 bits per heavy atom. The Bertz CT molecular complexity index is 1200. The van der Waals surface area contributed by atoms with Crippen LogP contribution in [0.25, 0.3) is 0 Å². The van der Waals surface area contributed by atoms with Crippen LogP contribution in [0.5, 0.6) is 0 Å². The topological polar surface area (TPSA) is 149 Å². The molecule has 5 unspecified atom stereocenters. The Hall–Kier alpha value is -0.640. The lowest BCUT2D eigenvalue weighted by atomic mass is 10.0. The van der Waals surface area contributed by atoms with E-state index in [4.69, 9.17) is 0 Å². The van der Waals surface area contributed by atoms with Crippen LogP contribution in [-0.2, 0) is 9.59 Å². The maximum Gasteiger partial charge on any atom is 0.242 e. The maximum absolute atomic E-state index is 13.5. The van der Waals surface area contributed by atoms with Crippen LogP contribution in [0, 0.1) is 0 Å². The van der Waals surface area contributed by atoms with Crippen LogP contribution in [0.4, 0.5) is 0 Å². The van der Waals surface area contributed by atoms with Gasteiger partial charge >= 0.3 is 0 Å². The van der Waals surface area contributed by atoms with Crippen LogP contribution < -0.4 is 10.6 Å². The highest BCUT2D eigenvalue weighted by Crippen LogP contribution is 2.25. The first kappa shape index (κ1) is 77.4. The van der Waals surface area contributed by atoms with Gasteiger partial charge in [0, 0.05) is 50.7 Å². The second-order valence-electron chi connectivity index (χ2n) is 24.0. The van der Waals surface area contributed by atoms with Gasteiger partial charge in [0.25, 0.3) is 0 Å². The molecule has 0 aliphatic heterocycles. The van der Waals surface area contributed by atoms with Gasteiger partial charge in [0.2, 0.25) is 11.8 Å². The Morgan fingerprint density at radius 2 is 0.718 bits per heavy atom. The summed E-state index contributed by atoms with van der Waals surface area (Å²) in [5, 5.41) is 50.6. The van der Waals surface area contributed by atoms with E-state index in [0.717, 1.165) is 108 Å². The van der Waals surface area contributed by atoms with Crippen molar-refractivity contribution < 1.29 is 30.0 Å². The molecule has 0 saturated heterocycles. The van der Waals surface area contributed by atoms with Crippen molar-refractivity contribution in [2.75, 3.05) is 78.0 Å². The average molecular weight is 1140 g/mol. The minimum absolute atomic E-state index is 0.128. The molecule has 0 fully saturated rings. The first-order chi connectivity index (χ1) is 37.9. The number of nitrogens with zero attached hydrogens (tertiary/aromatic N) is 3. The van der Waals surface area contributed by atoms with Crippen LogP contribution in [0.15, 0.2) is 0 Å². The molecule has 0 aliphatic rings. The van der Waals surface area contributed by atoms with Crippen molar-refractivity contribution in [1.82, 2.24) is 25.3 Å². The van der Waals surface area contributed by atoms with Gasteiger partial charge in [0.05, 0.1) is 24.4 Å². The molecule has 5 atom stereocenters. The molecule has 2 amide bonds. The number of aliphatic hydroxyl groups is 4. The highest BCUT2D eigenvalue weighted by molar-refractivity contribution is 8.76. The lowest BCUT2D eigenvalue weighted by Crippen LogP contribution is -2.47. The minimum atomic E-state index is -0.606. The van der Waals surface area contributed by atoms with Crippen LogP contribution in [0.1, 0.15) is 297 Å². The fourth-order valence-electron chi connectivity index (χ4n) is 10.6. The summed E-state index contributed by atoms with van der Waals surface area (Å²) in [6, 6.07) is -0.606. The predicted octanol–water partition coefficient (Wildman–Crippen LogP) is 15.0. The van der Waals surface area contributed by atoms with E-state index in [1.165, 1.54) is 167 Å². The molecule has 78 heavy (non-hydrogen) atoms. The lowest BCUT2D eigenvalue weighted by Gasteiger charge is -2.27. The number of hydrogen-bond donors (Lipinski definition) is 6. The van der Waals surface area contributed by atoms with Crippen LogP contribution >= 0.6 is 21.6 Å². The number of nitrogens with one attached hydrogen (secondary N) is 2. The number of aliphatic hydroxyl groups excluding tert-OH is 4. The van der Waals surface area contributed by atoms with Gasteiger partial charge in [0.1, 0.15) is 6.04 Å². The lowest BCUT2D eigenvalue weighted by molar-refractivity contribution is -0.129. The van der Waals surface area contributed by atoms with Gasteiger partial charge in [-0.05, 0) is 91.5 Å². The number of unbranched alkanes of at least 4 members (excludes halogenated alkanes) is 29. The number of rotatable bonds is 63. The zero-order chi connectivity index (χ0) is 57.4. The van der Waals surface area contributed by atoms with Crippen molar-refractivity contribution in [2.45, 2.75) is 328 Å². The fraction of sp³-hybridized carbons (Fsp3) is 0.969. The van der Waals surface area contributed by atoms with Crippen LogP contribution in [0.2, 0.25) is 0 Å². The van der Waals surface area contributed by atoms with E-state index in [1.54, 1.807) is 10.8 Å². The Labute approximate surface area is 492 Å². The summed E-state index contributed by atoms with van der Waals surface area (Å²) >= 11 is 0. The largest absolute Gasteiger partial charge is 0.392 e. The van der Waals surface area contributed by atoms with Crippen molar-refractivity contribution in [1.29, 1.82) is 0 Å². The van der Waals surface area contributed by atoms with E-state index in [2.05, 4.69) is 53.0 Å². The summed E-state index contributed by atoms with van der Waals surface area (Å²) in [4.78, 5) is 33.7. The molecule has 0 heterocycles. The van der Waals surface area contributed by atoms with E-state index in [-0.39, 0.29) is 30.4 Å². The smallest absolute Gasteiger partial charge is 0.242 e. The molecule has 0 spiro atoms. The molecule has 466 valence electrons. The number of hydrogen-bond acceptors (Lipinski definition) is 11. The zero-order valence-corrected chi connectivity index (χ0v) is 54.1. The molecule has 0 bridgehead atoms. The molecule has 0 aromatic rings. The molecule has 6 N–H and O–H groups in total. The molecule has 11 nitrogen and oxygen atoms in total. The van der Waals surface area contributed by atoms with E-state index in [0.29, 0.717) is 52.1 Å². The van der Waals surface area contributed by atoms with Gasteiger partial charge in [0.15, 0.2) is 0 Å². The Morgan fingerprint density at radius 1 is 0.385 bits per heavy atom. The minimum Gasteiger partial charge on any atom is -0.392 e. The quantitative estimate of drug-likeness (QED) is 0.0255. The molecule has 0 saturated carbocycles. The SMILES string of the molecule is CCCCCCCCCCC(O)CN(CCCCSSCCC(NC(=O)CCCN(CC(O)CCCCCCCCCC)CC(O)CCCCCCCCCC)C(=O)NCCCN(C)C)CC(O)CCCCCCCCCC. The van der Waals surface area contributed by atoms with Crippen LogP contribution in [-0.4, -0.2) is 155 Å². The maximum atomic E-state index is 13.5. The van der Waals surface area contributed by atoms with Crippen LogP contribution in [0.3, 0.4) is 0 Å². The van der Waals surface area contributed by atoms with Crippen molar-refractivity contribution in [3.63, 3.8) is 0 Å². The monoisotopic (exact) mass is 1140 g/mol. The second-order valence-corrected chi connectivity index (χ2v) is 26.7. The van der Waals surface area contributed by atoms with Gasteiger partial charge in [-0.3, -0.25) is 19.4 Å². The zero-order valence-electron chi connectivity index (χ0n) is 52.4. The summed E-state index contributed by atoms with van der Waals surface area (Å²) in [5.41, 5.74) is 0. The van der Waals surface area contributed by atoms with Gasteiger partial charge in [-0.1, -0.05) is 255 Å². The molecule has 0 radical (unpaired) electrons. The first-order valence-corrected chi connectivity index (χ1v) is 36.1. The molecule has 0 aromatic heterocycles. The van der Waals surface area contributed by atoms with Gasteiger partial charge in [-0.25, -0.2) is 0 Å². The number of carbonyl (C=O) groups excluding carboxylic acids is 2. The highest BCUT2D eigenvalue weighted by Gasteiger charge is 2.22. The molecule has 0 aliphatic carbocycles. The summed E-state index contributed by atoms with van der Waals surface area (Å²) in [6.07, 6.45) is 45.7. The summed E-state index contributed by atoms with van der Waals surface area (Å²) in [5.74, 6) is 1.46. The highest BCUT2D eigenvalue weighted by atomic mass is 33.1. The molecule has 0 rings (SSSR count). The third kappa shape index (κ3) is 54.6. The molecular weight excluding hydrogens is 1010 g/mol. The van der Waals surface area contributed by atoms with E-state index in [1.807, 2.05) is 24.9 Å². The van der Waals surface area contributed by atoms with E-state index in [9.17, 15) is 30.0 Å². The Kier molecular flexibility index (Phi) is 59.0. The van der Waals surface area contributed by atoms with E-state index < -0.39 is 18.2 Å². The number of carbonyl (C=O) groups is 2. The number of amides is 2. The third-order valence-corrected chi connectivity index (χ3v) is 18.1. The van der Waals surface area contributed by atoms with Gasteiger partial charge < -0.3 is 36.0 Å². The standard InChI is InChI=1S/C65H133N5O6S2/c1-7-11-15-19-23-27-31-35-43-59(71)55-69(56-60(72)44-36-32-28-24-20-16-12-8-2)51-39-40-53-77-78-54-48-63(65(76)66-49-42-50-68(5)6)67-64(75)47-41-52-70(57-61(73)45-37-33-29-25-21-17-13-9-3)58-62(74)46-38-34-30-26-22-18-14-10-4/h59-63,71-74H,7-58H2,1-6H3,(H,66,76)(H,67,75). The Balaban J connectivity index is 5.28. The second kappa shape index (κ2) is 59.5. The molecule has 13 heteroatoms. The summed E-state index contributed by atoms with van der Waals surface area (Å²) in [6.45, 7) is 14.2. The van der Waals surface area contributed by atoms with Crippen molar-refractivity contribution in [3.8, 4) is 0 Å². The fourth-order valence-corrected chi connectivity index (χ4v) is 12.9. The molecule has 0 aromatic carbocycles. The average Bonchev–Trinajstić information content (AvgIpc) is 3.40. The van der Waals surface area contributed by atoms with E-state index >= 15 is 0 Å². The van der Waals surface area contributed by atoms with Gasteiger partial charge in [-0.15, -0.1) is 0 Å². The van der Waals surface area contributed by atoms with Crippen molar-refractivity contribution in [2.24, 2.45) is 0 Å². The summed E-state index contributed by atoms with van der Waals surface area (Å²) < 4.78 is 0. The normalized spacial score (nSPS) is 13.9. The predicted molar refractivity (Wildman–Crippen MR) is 342 cm³/mol. The first-order valence-electron chi connectivity index (χ1n) is 33.6. The van der Waals surface area contributed by atoms with Gasteiger partial charge in [-0.2, -0.15) is 0 Å². The third-order valence-electron chi connectivity index (χ3n) is 15.6. The summed E-state index contributed by atoms with van der Waals surface area (Å²) in [7, 11) is 7.64. The van der Waals surface area contributed by atoms with Crippen molar-refractivity contribution >= 4 is 33.4 Å².